The average Bonchev–Trinajstić information content (AvgIpc) is 3.03. The number of hydrogen-bond acceptors (Lipinski definition) is 5. The van der Waals surface area contributed by atoms with Gasteiger partial charge in [-0.3, -0.25) is 14.2 Å². The quantitative estimate of drug-likeness (QED) is 0.637. The smallest absolute Gasteiger partial charge is 0.326 e. The standard InChI is InChI=1S/C19H20N2O3S/c1-3-15-11-16-18(25-15)20-13(2)21(19(16)23)12-17(22)24-10-9-14-7-5-4-6-8-14/h4-8,11H,3,9-10,12H2,1-2H3. The van der Waals surface area contributed by atoms with E-state index in [0.717, 1.165) is 21.7 Å². The Hall–Kier alpha value is -2.47. The summed E-state index contributed by atoms with van der Waals surface area (Å²) in [7, 11) is 0. The van der Waals surface area contributed by atoms with Crippen molar-refractivity contribution >= 4 is 27.5 Å². The molecule has 0 aliphatic rings. The van der Waals surface area contributed by atoms with Gasteiger partial charge in [-0.15, -0.1) is 11.3 Å². The van der Waals surface area contributed by atoms with Crippen LogP contribution in [0.25, 0.3) is 10.2 Å². The molecule has 5 nitrogen and oxygen atoms in total. The van der Waals surface area contributed by atoms with Crippen molar-refractivity contribution in [3.63, 3.8) is 0 Å². The van der Waals surface area contributed by atoms with Gasteiger partial charge in [0.25, 0.3) is 5.56 Å². The topological polar surface area (TPSA) is 61.2 Å². The van der Waals surface area contributed by atoms with Gasteiger partial charge in [-0.05, 0) is 25.0 Å². The molecule has 0 amide bonds. The van der Waals surface area contributed by atoms with Gasteiger partial charge in [-0.2, -0.15) is 0 Å². The number of carbonyl (C=O) groups is 1. The van der Waals surface area contributed by atoms with Crippen LogP contribution in [0, 0.1) is 6.92 Å². The van der Waals surface area contributed by atoms with Crippen molar-refractivity contribution in [1.82, 2.24) is 9.55 Å². The second kappa shape index (κ2) is 7.61. The Balaban J connectivity index is 1.69. The molecule has 2 aromatic heterocycles. The molecule has 3 aromatic rings. The highest BCUT2D eigenvalue weighted by atomic mass is 32.1. The molecule has 1 aromatic carbocycles. The predicted molar refractivity (Wildman–Crippen MR) is 99.1 cm³/mol. The van der Waals surface area contributed by atoms with E-state index >= 15 is 0 Å². The van der Waals surface area contributed by atoms with Gasteiger partial charge in [-0.1, -0.05) is 37.3 Å². The van der Waals surface area contributed by atoms with Crippen molar-refractivity contribution in [2.45, 2.75) is 33.2 Å². The number of thiophene rings is 1. The van der Waals surface area contributed by atoms with E-state index in [1.165, 1.54) is 15.9 Å². The van der Waals surface area contributed by atoms with Gasteiger partial charge in [0, 0.05) is 11.3 Å². The SMILES string of the molecule is CCc1cc2c(=O)n(CC(=O)OCCc3ccccc3)c(C)nc2s1. The Labute approximate surface area is 149 Å². The third kappa shape index (κ3) is 3.96. The highest BCUT2D eigenvalue weighted by Crippen LogP contribution is 2.21. The van der Waals surface area contributed by atoms with Crippen LogP contribution in [-0.4, -0.2) is 22.1 Å². The van der Waals surface area contributed by atoms with Crippen molar-refractivity contribution < 1.29 is 9.53 Å². The van der Waals surface area contributed by atoms with Crippen LogP contribution in [0.3, 0.4) is 0 Å². The highest BCUT2D eigenvalue weighted by molar-refractivity contribution is 7.18. The first-order valence-electron chi connectivity index (χ1n) is 8.28. The summed E-state index contributed by atoms with van der Waals surface area (Å²) in [5.74, 6) is 0.107. The summed E-state index contributed by atoms with van der Waals surface area (Å²) in [5.41, 5.74) is 0.926. The molecule has 0 fully saturated rings. The van der Waals surface area contributed by atoms with E-state index in [1.807, 2.05) is 43.3 Å². The van der Waals surface area contributed by atoms with Crippen molar-refractivity contribution in [2.24, 2.45) is 0 Å². The van der Waals surface area contributed by atoms with Crippen molar-refractivity contribution in [2.75, 3.05) is 6.61 Å². The second-order valence-electron chi connectivity index (χ2n) is 5.79. The zero-order valence-electron chi connectivity index (χ0n) is 14.3. The third-order valence-electron chi connectivity index (χ3n) is 4.03. The number of carbonyl (C=O) groups excluding carboxylic acids is 1. The first-order chi connectivity index (χ1) is 12.1. The summed E-state index contributed by atoms with van der Waals surface area (Å²) in [6.07, 6.45) is 1.52. The van der Waals surface area contributed by atoms with E-state index in [0.29, 0.717) is 24.2 Å². The summed E-state index contributed by atoms with van der Waals surface area (Å²) in [6.45, 7) is 3.97. The Bertz CT molecular complexity index is 944. The summed E-state index contributed by atoms with van der Waals surface area (Å²) < 4.78 is 6.66. The van der Waals surface area contributed by atoms with Gasteiger partial charge >= 0.3 is 5.97 Å². The van der Waals surface area contributed by atoms with E-state index in [-0.39, 0.29) is 12.1 Å². The van der Waals surface area contributed by atoms with Crippen LogP contribution < -0.4 is 5.56 Å². The van der Waals surface area contributed by atoms with Crippen molar-refractivity contribution in [3.8, 4) is 0 Å². The van der Waals surface area contributed by atoms with E-state index in [9.17, 15) is 9.59 Å². The predicted octanol–water partition coefficient (Wildman–Crippen LogP) is 3.11. The van der Waals surface area contributed by atoms with Gasteiger partial charge in [0.2, 0.25) is 0 Å². The highest BCUT2D eigenvalue weighted by Gasteiger charge is 2.14. The number of ether oxygens (including phenoxy) is 1. The maximum absolute atomic E-state index is 12.6. The van der Waals surface area contributed by atoms with Gasteiger partial charge in [0.1, 0.15) is 17.2 Å². The summed E-state index contributed by atoms with van der Waals surface area (Å²) in [6, 6.07) is 11.7. The molecule has 3 rings (SSSR count). The molecular formula is C19H20N2O3S. The first kappa shape index (κ1) is 17.4. The number of benzene rings is 1. The average molecular weight is 356 g/mol. The number of fused-ring (bicyclic) bond motifs is 1. The molecule has 0 saturated carbocycles. The summed E-state index contributed by atoms with van der Waals surface area (Å²) >= 11 is 1.52. The third-order valence-corrected chi connectivity index (χ3v) is 5.20. The maximum atomic E-state index is 12.6. The molecule has 0 spiro atoms. The molecule has 130 valence electrons. The lowest BCUT2D eigenvalue weighted by Gasteiger charge is -2.09. The van der Waals surface area contributed by atoms with E-state index in [4.69, 9.17) is 4.74 Å². The Morgan fingerprint density at radius 2 is 2.04 bits per heavy atom. The first-order valence-corrected chi connectivity index (χ1v) is 9.09. The summed E-state index contributed by atoms with van der Waals surface area (Å²) in [4.78, 5) is 31.0. The van der Waals surface area contributed by atoms with Crippen LogP contribution in [0.1, 0.15) is 23.2 Å². The lowest BCUT2D eigenvalue weighted by molar-refractivity contribution is -0.144. The second-order valence-corrected chi connectivity index (χ2v) is 6.91. The van der Waals surface area contributed by atoms with Crippen LogP contribution >= 0.6 is 11.3 Å². The van der Waals surface area contributed by atoms with Gasteiger partial charge < -0.3 is 4.74 Å². The molecular weight excluding hydrogens is 336 g/mol. The molecule has 0 saturated heterocycles. The molecule has 25 heavy (non-hydrogen) atoms. The number of hydrogen-bond donors (Lipinski definition) is 0. The van der Waals surface area contributed by atoms with Crippen molar-refractivity contribution in [1.29, 1.82) is 0 Å². The fourth-order valence-electron chi connectivity index (χ4n) is 2.63. The molecule has 2 heterocycles. The van der Waals surface area contributed by atoms with Crippen LogP contribution in [-0.2, 0) is 28.9 Å². The van der Waals surface area contributed by atoms with Gasteiger partial charge in [0.15, 0.2) is 0 Å². The number of nitrogens with zero attached hydrogens (tertiary/aromatic N) is 2. The molecule has 0 atom stereocenters. The number of esters is 1. The zero-order chi connectivity index (χ0) is 17.8. The zero-order valence-corrected chi connectivity index (χ0v) is 15.1. The Morgan fingerprint density at radius 3 is 2.76 bits per heavy atom. The Kier molecular flexibility index (Phi) is 5.28. The lowest BCUT2D eigenvalue weighted by atomic mass is 10.2. The molecule has 0 unspecified atom stereocenters. The lowest BCUT2D eigenvalue weighted by Crippen LogP contribution is -2.28. The van der Waals surface area contributed by atoms with Crippen LogP contribution in [0.4, 0.5) is 0 Å². The molecule has 0 bridgehead atoms. The molecule has 0 N–H and O–H groups in total. The van der Waals surface area contributed by atoms with Gasteiger partial charge in [0.05, 0.1) is 12.0 Å². The number of aromatic nitrogens is 2. The van der Waals surface area contributed by atoms with Gasteiger partial charge in [-0.25, -0.2) is 4.98 Å². The van der Waals surface area contributed by atoms with Crippen LogP contribution in [0.2, 0.25) is 0 Å². The fraction of sp³-hybridized carbons (Fsp3) is 0.316. The van der Waals surface area contributed by atoms with E-state index < -0.39 is 5.97 Å². The normalized spacial score (nSPS) is 11.0. The monoisotopic (exact) mass is 356 g/mol. The minimum atomic E-state index is -0.423. The van der Waals surface area contributed by atoms with E-state index in [2.05, 4.69) is 4.98 Å². The molecule has 0 aliphatic carbocycles. The minimum Gasteiger partial charge on any atom is -0.464 e. The fourth-order valence-corrected chi connectivity index (χ4v) is 3.63. The largest absolute Gasteiger partial charge is 0.464 e. The van der Waals surface area contributed by atoms with Crippen molar-refractivity contribution in [3.05, 3.63) is 63.0 Å². The number of rotatable bonds is 6. The minimum absolute atomic E-state index is 0.111. The number of aryl methyl sites for hydroxylation is 2. The van der Waals surface area contributed by atoms with E-state index in [1.54, 1.807) is 6.92 Å². The molecule has 6 heteroatoms. The summed E-state index contributed by atoms with van der Waals surface area (Å²) in [5, 5.41) is 0.574. The maximum Gasteiger partial charge on any atom is 0.326 e. The van der Waals surface area contributed by atoms with Crippen LogP contribution in [0.15, 0.2) is 41.2 Å². The Morgan fingerprint density at radius 1 is 1.28 bits per heavy atom. The van der Waals surface area contributed by atoms with Crippen LogP contribution in [0.5, 0.6) is 0 Å². The molecule has 0 aliphatic heterocycles. The molecule has 0 radical (unpaired) electrons.